The highest BCUT2D eigenvalue weighted by Gasteiger charge is 2.08. The Hall–Kier alpha value is -1.82. The molecule has 1 aromatic heterocycles. The molecule has 19 heavy (non-hydrogen) atoms. The van der Waals surface area contributed by atoms with Gasteiger partial charge in [-0.1, -0.05) is 27.7 Å². The topological polar surface area (TPSA) is 41.6 Å². The van der Waals surface area contributed by atoms with Gasteiger partial charge in [0, 0.05) is 6.54 Å². The molecule has 0 aliphatic heterocycles. The van der Waals surface area contributed by atoms with Crippen LogP contribution in [-0.2, 0) is 6.54 Å². The molecule has 0 saturated heterocycles. The van der Waals surface area contributed by atoms with E-state index in [1.807, 2.05) is 53.7 Å². The summed E-state index contributed by atoms with van der Waals surface area (Å²) in [4.78, 5) is 4.47. The van der Waals surface area contributed by atoms with Crippen molar-refractivity contribution >= 4 is 11.0 Å². The quantitative estimate of drug-likeness (QED) is 0.751. The first-order valence-electron chi connectivity index (χ1n) is 7.05. The van der Waals surface area contributed by atoms with E-state index >= 15 is 0 Å². The largest absolute Gasteiger partial charge is 0.328 e. The molecule has 0 N–H and O–H groups in total. The smallest absolute Gasteiger partial charge is 0.106 e. The molecule has 0 unspecified atom stereocenters. The van der Waals surface area contributed by atoms with Crippen LogP contribution in [0.2, 0.25) is 0 Å². The third-order valence-corrected chi connectivity index (χ3v) is 2.72. The molecule has 2 rings (SSSR count). The van der Waals surface area contributed by atoms with Crippen molar-refractivity contribution in [2.24, 2.45) is 0 Å². The van der Waals surface area contributed by atoms with Gasteiger partial charge in [-0.05, 0) is 38.5 Å². The second-order valence-electron chi connectivity index (χ2n) is 3.67. The lowest BCUT2D eigenvalue weighted by atomic mass is 10.1. The molecule has 2 aromatic rings. The zero-order valence-corrected chi connectivity index (χ0v) is 13.2. The molecule has 0 aliphatic carbocycles. The molecule has 0 spiro atoms. The third kappa shape index (κ3) is 3.57. The van der Waals surface area contributed by atoms with Gasteiger partial charge in [0.1, 0.15) is 5.82 Å². The van der Waals surface area contributed by atoms with Crippen LogP contribution in [0.15, 0.2) is 12.1 Å². The standard InChI is InChI=1S/C12H13N3.2C2H6/c1-4-15-9(3)14-11-5-8(2)10(7-13)6-12(11)15;2*1-2/h5-6H,4H2,1-3H3;2*1-2H3. The van der Waals surface area contributed by atoms with Crippen LogP contribution >= 0.6 is 0 Å². The predicted molar refractivity (Wildman–Crippen MR) is 82.3 cm³/mol. The fourth-order valence-corrected chi connectivity index (χ4v) is 1.92. The minimum Gasteiger partial charge on any atom is -0.328 e. The van der Waals surface area contributed by atoms with E-state index in [2.05, 4.69) is 22.5 Å². The molecule has 0 aliphatic rings. The van der Waals surface area contributed by atoms with Gasteiger partial charge in [-0.25, -0.2) is 4.98 Å². The average molecular weight is 259 g/mol. The number of hydrogen-bond donors (Lipinski definition) is 0. The Morgan fingerprint density at radius 3 is 2.21 bits per heavy atom. The van der Waals surface area contributed by atoms with E-state index < -0.39 is 0 Å². The number of rotatable bonds is 1. The second kappa shape index (κ2) is 8.31. The minimum atomic E-state index is 0.733. The maximum atomic E-state index is 8.97. The van der Waals surface area contributed by atoms with Crippen molar-refractivity contribution in [2.45, 2.75) is 55.0 Å². The van der Waals surface area contributed by atoms with Crippen molar-refractivity contribution in [3.63, 3.8) is 0 Å². The molecule has 0 saturated carbocycles. The van der Waals surface area contributed by atoms with E-state index in [0.29, 0.717) is 0 Å². The van der Waals surface area contributed by atoms with Gasteiger partial charge >= 0.3 is 0 Å². The summed E-state index contributed by atoms with van der Waals surface area (Å²) in [7, 11) is 0. The van der Waals surface area contributed by atoms with E-state index in [9.17, 15) is 0 Å². The van der Waals surface area contributed by atoms with Crippen LogP contribution in [0.4, 0.5) is 0 Å². The van der Waals surface area contributed by atoms with Crippen LogP contribution in [0.3, 0.4) is 0 Å². The van der Waals surface area contributed by atoms with Gasteiger partial charge in [0.25, 0.3) is 0 Å². The molecule has 0 radical (unpaired) electrons. The molecule has 3 heteroatoms. The van der Waals surface area contributed by atoms with Crippen molar-refractivity contribution in [3.05, 3.63) is 29.1 Å². The molecule has 104 valence electrons. The number of aryl methyl sites for hydroxylation is 3. The van der Waals surface area contributed by atoms with Crippen molar-refractivity contribution < 1.29 is 0 Å². The summed E-state index contributed by atoms with van der Waals surface area (Å²) in [5.41, 5.74) is 3.76. The Labute approximate surface area is 116 Å². The molecule has 1 heterocycles. The SMILES string of the molecule is CC.CC.CCn1c(C)nc2cc(C)c(C#N)cc21. The number of benzene rings is 1. The minimum absolute atomic E-state index is 0.733. The van der Waals surface area contributed by atoms with Crippen molar-refractivity contribution in [1.82, 2.24) is 9.55 Å². The van der Waals surface area contributed by atoms with Gasteiger partial charge in [-0.3, -0.25) is 0 Å². The Morgan fingerprint density at radius 1 is 1.16 bits per heavy atom. The van der Waals surface area contributed by atoms with Crippen LogP contribution in [0, 0.1) is 25.2 Å². The Kier molecular flexibility index (Phi) is 7.52. The third-order valence-electron chi connectivity index (χ3n) is 2.72. The molecule has 0 amide bonds. The fourth-order valence-electron chi connectivity index (χ4n) is 1.92. The lowest BCUT2D eigenvalue weighted by Gasteiger charge is -2.02. The van der Waals surface area contributed by atoms with E-state index in [0.717, 1.165) is 34.5 Å². The number of hydrogen-bond acceptors (Lipinski definition) is 2. The molecule has 0 atom stereocenters. The van der Waals surface area contributed by atoms with Crippen LogP contribution in [0.5, 0.6) is 0 Å². The van der Waals surface area contributed by atoms with Crippen molar-refractivity contribution in [2.75, 3.05) is 0 Å². The number of nitrogens with zero attached hydrogens (tertiary/aromatic N) is 3. The first-order valence-corrected chi connectivity index (χ1v) is 7.05. The zero-order chi connectivity index (χ0) is 15.0. The van der Waals surface area contributed by atoms with Crippen LogP contribution in [-0.4, -0.2) is 9.55 Å². The molecule has 3 nitrogen and oxygen atoms in total. The second-order valence-corrected chi connectivity index (χ2v) is 3.67. The highest BCUT2D eigenvalue weighted by atomic mass is 15.1. The summed E-state index contributed by atoms with van der Waals surface area (Å²) in [6.45, 7) is 14.9. The zero-order valence-electron chi connectivity index (χ0n) is 13.2. The molecular formula is C16H25N3. The van der Waals surface area contributed by atoms with Gasteiger partial charge < -0.3 is 4.57 Å². The van der Waals surface area contributed by atoms with E-state index in [1.165, 1.54) is 0 Å². The van der Waals surface area contributed by atoms with Crippen LogP contribution in [0.1, 0.15) is 51.6 Å². The molecule has 1 aromatic carbocycles. The summed E-state index contributed by atoms with van der Waals surface area (Å²) >= 11 is 0. The highest BCUT2D eigenvalue weighted by Crippen LogP contribution is 2.20. The summed E-state index contributed by atoms with van der Waals surface area (Å²) in [6.07, 6.45) is 0. The normalized spacial score (nSPS) is 8.95. The average Bonchev–Trinajstić information content (AvgIpc) is 2.76. The number of nitriles is 1. The maximum absolute atomic E-state index is 8.97. The molecule has 0 bridgehead atoms. The fraction of sp³-hybridized carbons (Fsp3) is 0.500. The molecule has 0 fully saturated rings. The Bertz CT molecular complexity index is 559. The maximum Gasteiger partial charge on any atom is 0.106 e. The first-order chi connectivity index (χ1) is 9.17. The van der Waals surface area contributed by atoms with Crippen molar-refractivity contribution in [1.29, 1.82) is 5.26 Å². The van der Waals surface area contributed by atoms with Gasteiger partial charge in [-0.15, -0.1) is 0 Å². The first kappa shape index (κ1) is 17.2. The number of aromatic nitrogens is 2. The number of imidazole rings is 1. The number of fused-ring (bicyclic) bond motifs is 1. The predicted octanol–water partition coefficient (Wildman–Crippen LogP) is 4.60. The summed E-state index contributed by atoms with van der Waals surface area (Å²) in [5, 5.41) is 8.97. The van der Waals surface area contributed by atoms with Gasteiger partial charge in [0.15, 0.2) is 0 Å². The van der Waals surface area contributed by atoms with Crippen molar-refractivity contribution in [3.8, 4) is 6.07 Å². The van der Waals surface area contributed by atoms with Crippen LogP contribution in [0.25, 0.3) is 11.0 Å². The highest BCUT2D eigenvalue weighted by molar-refractivity contribution is 5.79. The molecular weight excluding hydrogens is 234 g/mol. The van der Waals surface area contributed by atoms with E-state index in [1.54, 1.807) is 0 Å². The van der Waals surface area contributed by atoms with E-state index in [4.69, 9.17) is 5.26 Å². The van der Waals surface area contributed by atoms with Gasteiger partial charge in [-0.2, -0.15) is 5.26 Å². The van der Waals surface area contributed by atoms with Gasteiger partial charge in [0.05, 0.1) is 22.7 Å². The lowest BCUT2D eigenvalue weighted by molar-refractivity contribution is 0.753. The Balaban J connectivity index is 0.000000741. The summed E-state index contributed by atoms with van der Waals surface area (Å²) in [5.74, 6) is 1.00. The summed E-state index contributed by atoms with van der Waals surface area (Å²) in [6, 6.07) is 6.11. The van der Waals surface area contributed by atoms with E-state index in [-0.39, 0.29) is 0 Å². The lowest BCUT2D eigenvalue weighted by Crippen LogP contribution is -1.96. The van der Waals surface area contributed by atoms with Crippen LogP contribution < -0.4 is 0 Å². The van der Waals surface area contributed by atoms with Gasteiger partial charge in [0.2, 0.25) is 0 Å². The Morgan fingerprint density at radius 2 is 1.74 bits per heavy atom. The monoisotopic (exact) mass is 259 g/mol. The summed E-state index contributed by atoms with van der Waals surface area (Å²) < 4.78 is 2.12.